The molecule has 1 aliphatic rings. The second-order valence-corrected chi connectivity index (χ2v) is 14.4. The minimum atomic E-state index is -4.35. The van der Waals surface area contributed by atoms with Crippen molar-refractivity contribution in [2.24, 2.45) is 0 Å². The summed E-state index contributed by atoms with van der Waals surface area (Å²) in [6, 6.07) is 28.5. The van der Waals surface area contributed by atoms with E-state index in [2.05, 4.69) is 5.32 Å². The Balaban J connectivity index is 1.56. The molecular weight excluding hydrogens is 662 g/mol. The van der Waals surface area contributed by atoms with Gasteiger partial charge in [0.2, 0.25) is 11.8 Å². The molecule has 49 heavy (non-hydrogen) atoms. The molecule has 1 fully saturated rings. The number of anilines is 1. The van der Waals surface area contributed by atoms with Crippen molar-refractivity contribution in [3.05, 3.63) is 119 Å². The summed E-state index contributed by atoms with van der Waals surface area (Å²) in [6.07, 6.45) is 5.21. The van der Waals surface area contributed by atoms with Crippen LogP contribution in [-0.4, -0.2) is 58.0 Å². The third-order valence-electron chi connectivity index (χ3n) is 8.75. The first-order valence-corrected chi connectivity index (χ1v) is 18.2. The van der Waals surface area contributed by atoms with Gasteiger partial charge in [-0.3, -0.25) is 13.9 Å². The van der Waals surface area contributed by atoms with Gasteiger partial charge in [0.15, 0.2) is 11.5 Å². The first kappa shape index (κ1) is 35.8. The fourth-order valence-corrected chi connectivity index (χ4v) is 7.67. The molecule has 9 nitrogen and oxygen atoms in total. The molecule has 1 saturated carbocycles. The van der Waals surface area contributed by atoms with Crippen LogP contribution in [0.4, 0.5) is 5.69 Å². The van der Waals surface area contributed by atoms with Crippen molar-refractivity contribution in [1.82, 2.24) is 10.2 Å². The maximum atomic E-state index is 14.7. The predicted octanol–water partition coefficient (Wildman–Crippen LogP) is 6.64. The SMILES string of the molecule is COc1ccc(S(=O)(=O)N(CC(=O)N(Cc2ccccc2)[C@H](Cc2ccccc2)C(=O)NC2CCCCC2)c2ccc(Cl)cc2)cc1OC. The number of carbonyl (C=O) groups is 2. The molecule has 0 spiro atoms. The van der Waals surface area contributed by atoms with Gasteiger partial charge in [0.05, 0.1) is 24.8 Å². The van der Waals surface area contributed by atoms with Crippen LogP contribution in [0, 0.1) is 0 Å². The zero-order chi connectivity index (χ0) is 34.8. The smallest absolute Gasteiger partial charge is 0.264 e. The van der Waals surface area contributed by atoms with Gasteiger partial charge in [0, 0.05) is 30.1 Å². The molecule has 11 heteroatoms. The predicted molar refractivity (Wildman–Crippen MR) is 191 cm³/mol. The molecule has 5 rings (SSSR count). The Bertz CT molecular complexity index is 1800. The number of benzene rings is 4. The topological polar surface area (TPSA) is 105 Å². The van der Waals surface area contributed by atoms with Crippen LogP contribution in [0.5, 0.6) is 11.5 Å². The summed E-state index contributed by atoms with van der Waals surface area (Å²) in [6.45, 7) is -0.479. The van der Waals surface area contributed by atoms with Crippen molar-refractivity contribution >= 4 is 39.1 Å². The zero-order valence-corrected chi connectivity index (χ0v) is 29.3. The summed E-state index contributed by atoms with van der Waals surface area (Å²) < 4.78 is 40.6. The molecule has 0 heterocycles. The Morgan fingerprint density at radius 1 is 0.816 bits per heavy atom. The Morgan fingerprint density at radius 2 is 1.43 bits per heavy atom. The van der Waals surface area contributed by atoms with E-state index in [4.69, 9.17) is 21.1 Å². The average molecular weight is 704 g/mol. The number of halogens is 1. The summed E-state index contributed by atoms with van der Waals surface area (Å²) in [5.41, 5.74) is 1.92. The second-order valence-electron chi connectivity index (χ2n) is 12.1. The summed E-state index contributed by atoms with van der Waals surface area (Å²) >= 11 is 6.18. The van der Waals surface area contributed by atoms with Gasteiger partial charge in [-0.2, -0.15) is 0 Å². The standard InChI is InChI=1S/C38H42ClN3O6S/c1-47-35-23-22-33(25-36(35)48-2)49(45,46)42(32-20-18-30(39)19-21-32)27-37(43)41(26-29-14-8-4-9-15-29)34(24-28-12-6-3-7-13-28)38(44)40-31-16-10-5-11-17-31/h3-4,6-9,12-15,18-23,25,31,34H,5,10-11,16-17,24,26-27H2,1-2H3,(H,40,44)/t34-/m1/s1. The van der Waals surface area contributed by atoms with Gasteiger partial charge < -0.3 is 19.7 Å². The van der Waals surface area contributed by atoms with Crippen molar-refractivity contribution in [3.63, 3.8) is 0 Å². The second kappa shape index (κ2) is 16.7. The largest absolute Gasteiger partial charge is 0.493 e. The minimum absolute atomic E-state index is 0.0178. The Hall–Kier alpha value is -4.54. The highest BCUT2D eigenvalue weighted by molar-refractivity contribution is 7.92. The number of ether oxygens (including phenoxy) is 2. The maximum Gasteiger partial charge on any atom is 0.264 e. The molecule has 0 aliphatic heterocycles. The molecule has 1 atom stereocenters. The Labute approximate surface area is 293 Å². The van der Waals surface area contributed by atoms with E-state index in [0.717, 1.165) is 47.5 Å². The van der Waals surface area contributed by atoms with E-state index in [-0.39, 0.29) is 41.2 Å². The third-order valence-corrected chi connectivity index (χ3v) is 10.8. The van der Waals surface area contributed by atoms with E-state index in [1.165, 1.54) is 37.3 Å². The van der Waals surface area contributed by atoms with Crippen LogP contribution in [0.1, 0.15) is 43.2 Å². The van der Waals surface area contributed by atoms with Crippen molar-refractivity contribution in [2.75, 3.05) is 25.1 Å². The van der Waals surface area contributed by atoms with Gasteiger partial charge in [-0.1, -0.05) is 91.5 Å². The van der Waals surface area contributed by atoms with Gasteiger partial charge >= 0.3 is 0 Å². The lowest BCUT2D eigenvalue weighted by Crippen LogP contribution is -2.55. The van der Waals surface area contributed by atoms with Crippen molar-refractivity contribution in [1.29, 1.82) is 0 Å². The molecule has 4 aromatic rings. The maximum absolute atomic E-state index is 14.7. The molecule has 0 unspecified atom stereocenters. The Morgan fingerprint density at radius 3 is 2.04 bits per heavy atom. The molecule has 1 aliphatic carbocycles. The number of carbonyl (C=O) groups excluding carboxylic acids is 2. The molecule has 258 valence electrons. The summed E-state index contributed by atoms with van der Waals surface area (Å²) in [4.78, 5) is 30.3. The van der Waals surface area contributed by atoms with Crippen molar-refractivity contribution < 1.29 is 27.5 Å². The van der Waals surface area contributed by atoms with Crippen LogP contribution >= 0.6 is 11.6 Å². The van der Waals surface area contributed by atoms with Crippen LogP contribution in [0.15, 0.2) is 108 Å². The highest BCUT2D eigenvalue weighted by Crippen LogP contribution is 2.33. The number of sulfonamides is 1. The van der Waals surface area contributed by atoms with Crippen LogP contribution < -0.4 is 19.1 Å². The summed E-state index contributed by atoms with van der Waals surface area (Å²) in [5.74, 6) is -0.222. The lowest BCUT2D eigenvalue weighted by molar-refractivity contribution is -0.140. The van der Waals surface area contributed by atoms with Crippen LogP contribution in [-0.2, 0) is 32.6 Å². The third kappa shape index (κ3) is 9.13. The first-order valence-electron chi connectivity index (χ1n) is 16.4. The molecule has 4 aromatic carbocycles. The number of nitrogens with one attached hydrogen (secondary N) is 1. The van der Waals surface area contributed by atoms with E-state index in [9.17, 15) is 18.0 Å². The first-order chi connectivity index (χ1) is 23.7. The van der Waals surface area contributed by atoms with Gasteiger partial charge in [-0.15, -0.1) is 0 Å². The molecule has 0 saturated heterocycles. The molecular formula is C38H42ClN3O6S. The number of hydrogen-bond donors (Lipinski definition) is 1. The van der Waals surface area contributed by atoms with E-state index < -0.39 is 28.5 Å². The number of rotatable bonds is 14. The lowest BCUT2D eigenvalue weighted by atomic mass is 9.94. The van der Waals surface area contributed by atoms with Gasteiger partial charge in [0.1, 0.15) is 12.6 Å². The van der Waals surface area contributed by atoms with Gasteiger partial charge in [-0.05, 0) is 60.4 Å². The monoisotopic (exact) mass is 703 g/mol. The quantitative estimate of drug-likeness (QED) is 0.158. The van der Waals surface area contributed by atoms with Crippen molar-refractivity contribution in [2.45, 2.75) is 62.0 Å². The van der Waals surface area contributed by atoms with Crippen LogP contribution in [0.25, 0.3) is 0 Å². The van der Waals surface area contributed by atoms with Crippen LogP contribution in [0.3, 0.4) is 0 Å². The molecule has 0 aromatic heterocycles. The molecule has 2 amide bonds. The number of hydrogen-bond acceptors (Lipinski definition) is 6. The minimum Gasteiger partial charge on any atom is -0.493 e. The number of amides is 2. The molecule has 0 radical (unpaired) electrons. The Kier molecular flexibility index (Phi) is 12.2. The summed E-state index contributed by atoms with van der Waals surface area (Å²) in [5, 5.41) is 3.63. The molecule has 1 N–H and O–H groups in total. The fourth-order valence-electron chi connectivity index (χ4n) is 6.12. The fraction of sp³-hybridized carbons (Fsp3) is 0.316. The van der Waals surface area contributed by atoms with E-state index in [0.29, 0.717) is 10.8 Å². The van der Waals surface area contributed by atoms with Gasteiger partial charge in [-0.25, -0.2) is 8.42 Å². The van der Waals surface area contributed by atoms with Crippen molar-refractivity contribution in [3.8, 4) is 11.5 Å². The van der Waals surface area contributed by atoms with E-state index in [1.807, 2.05) is 60.7 Å². The average Bonchev–Trinajstić information content (AvgIpc) is 3.13. The highest BCUT2D eigenvalue weighted by Gasteiger charge is 2.35. The number of methoxy groups -OCH3 is 2. The van der Waals surface area contributed by atoms with Gasteiger partial charge in [0.25, 0.3) is 10.0 Å². The zero-order valence-electron chi connectivity index (χ0n) is 27.8. The van der Waals surface area contributed by atoms with Crippen LogP contribution in [0.2, 0.25) is 5.02 Å². The summed E-state index contributed by atoms with van der Waals surface area (Å²) in [7, 11) is -1.47. The lowest BCUT2D eigenvalue weighted by Gasteiger charge is -2.35. The highest BCUT2D eigenvalue weighted by atomic mass is 35.5. The molecule has 0 bridgehead atoms. The van der Waals surface area contributed by atoms with E-state index in [1.54, 1.807) is 24.3 Å². The normalized spacial score (nSPS) is 14.0. The van der Waals surface area contributed by atoms with E-state index >= 15 is 0 Å². The number of nitrogens with zero attached hydrogens (tertiary/aromatic N) is 2.